The van der Waals surface area contributed by atoms with Crippen molar-refractivity contribution in [3.8, 4) is 0 Å². The van der Waals surface area contributed by atoms with E-state index >= 15 is 0 Å². The van der Waals surface area contributed by atoms with Crippen LogP contribution in [0.3, 0.4) is 0 Å². The molecule has 0 radical (unpaired) electrons. The first-order valence-corrected chi connectivity index (χ1v) is 9.14. The van der Waals surface area contributed by atoms with Crippen LogP contribution < -0.4 is 5.32 Å². The molecule has 0 aliphatic carbocycles. The van der Waals surface area contributed by atoms with Gasteiger partial charge in [0, 0.05) is 19.1 Å². The quantitative estimate of drug-likeness (QED) is 0.774. The number of imidazole rings is 1. The normalized spacial score (nSPS) is 16.5. The van der Waals surface area contributed by atoms with E-state index in [0.29, 0.717) is 19.2 Å². The summed E-state index contributed by atoms with van der Waals surface area (Å²) in [5.74, 6) is 0.633. The molecule has 1 saturated heterocycles. The number of ether oxygens (including phenoxy) is 1. The highest BCUT2D eigenvalue weighted by Crippen LogP contribution is 2.29. The lowest BCUT2D eigenvalue weighted by atomic mass is 10.00. The molecule has 5 heteroatoms. The standard InChI is InChI=1S/C21H23N3O2/c1-15(16-7-3-2-4-8-16)24-19-10-6-5-9-18(19)22-21(24)23-20(25)17-11-13-26-14-12-17/h2-10,15,17H,11-14H2,1H3,(H,22,23,25)/t15-/m1/s1. The van der Waals surface area contributed by atoms with Crippen LogP contribution in [0.1, 0.15) is 31.4 Å². The van der Waals surface area contributed by atoms with Gasteiger partial charge in [0.1, 0.15) is 0 Å². The Morgan fingerprint density at radius 3 is 2.58 bits per heavy atom. The van der Waals surface area contributed by atoms with Gasteiger partial charge in [-0.05, 0) is 37.5 Å². The van der Waals surface area contributed by atoms with E-state index < -0.39 is 0 Å². The number of rotatable bonds is 4. The minimum Gasteiger partial charge on any atom is -0.381 e. The second-order valence-electron chi connectivity index (χ2n) is 6.76. The van der Waals surface area contributed by atoms with Crippen molar-refractivity contribution in [3.05, 3.63) is 60.2 Å². The average Bonchev–Trinajstić information content (AvgIpc) is 3.06. The summed E-state index contributed by atoms with van der Waals surface area (Å²) in [4.78, 5) is 17.4. The SMILES string of the molecule is C[C@H](c1ccccc1)n1c(NC(=O)C2CCOCC2)nc2ccccc21. The second kappa shape index (κ2) is 7.30. The average molecular weight is 349 g/mol. The highest BCUT2D eigenvalue weighted by Gasteiger charge is 2.25. The zero-order chi connectivity index (χ0) is 17.9. The summed E-state index contributed by atoms with van der Waals surface area (Å²) in [5.41, 5.74) is 3.08. The second-order valence-corrected chi connectivity index (χ2v) is 6.76. The summed E-state index contributed by atoms with van der Waals surface area (Å²) in [6.07, 6.45) is 1.53. The van der Waals surface area contributed by atoms with E-state index in [2.05, 4.69) is 28.9 Å². The van der Waals surface area contributed by atoms with Crippen LogP contribution in [0, 0.1) is 5.92 Å². The van der Waals surface area contributed by atoms with E-state index in [9.17, 15) is 4.79 Å². The van der Waals surface area contributed by atoms with Gasteiger partial charge in [0.25, 0.3) is 0 Å². The molecular weight excluding hydrogens is 326 g/mol. The maximum Gasteiger partial charge on any atom is 0.229 e. The number of para-hydroxylation sites is 2. The Bertz CT molecular complexity index is 898. The van der Waals surface area contributed by atoms with Gasteiger partial charge in [-0.1, -0.05) is 42.5 Å². The lowest BCUT2D eigenvalue weighted by molar-refractivity contribution is -0.122. The van der Waals surface area contributed by atoms with Crippen LogP contribution in [0.4, 0.5) is 5.95 Å². The van der Waals surface area contributed by atoms with E-state index in [4.69, 9.17) is 9.72 Å². The van der Waals surface area contributed by atoms with Crippen LogP contribution in [0.15, 0.2) is 54.6 Å². The molecule has 4 rings (SSSR count). The summed E-state index contributed by atoms with van der Waals surface area (Å²) in [6, 6.07) is 18.3. The van der Waals surface area contributed by atoms with Crippen LogP contribution in [0.25, 0.3) is 11.0 Å². The molecule has 3 aromatic rings. The molecule has 1 aliphatic rings. The van der Waals surface area contributed by atoms with Crippen LogP contribution in [0.5, 0.6) is 0 Å². The molecule has 2 heterocycles. The predicted molar refractivity (Wildman–Crippen MR) is 102 cm³/mol. The van der Waals surface area contributed by atoms with Crippen molar-refractivity contribution in [2.75, 3.05) is 18.5 Å². The van der Waals surface area contributed by atoms with Gasteiger partial charge in [-0.3, -0.25) is 10.1 Å². The molecule has 1 amide bonds. The van der Waals surface area contributed by atoms with Crippen molar-refractivity contribution in [1.82, 2.24) is 9.55 Å². The number of benzene rings is 2. The first-order valence-electron chi connectivity index (χ1n) is 9.14. The van der Waals surface area contributed by atoms with Crippen LogP contribution in [-0.2, 0) is 9.53 Å². The number of carbonyl (C=O) groups excluding carboxylic acids is 1. The zero-order valence-electron chi connectivity index (χ0n) is 14.9. The zero-order valence-corrected chi connectivity index (χ0v) is 14.9. The van der Waals surface area contributed by atoms with Gasteiger partial charge in [0.15, 0.2) is 0 Å². The van der Waals surface area contributed by atoms with Crippen molar-refractivity contribution in [2.45, 2.75) is 25.8 Å². The highest BCUT2D eigenvalue weighted by molar-refractivity contribution is 5.93. The van der Waals surface area contributed by atoms with Gasteiger partial charge < -0.3 is 9.30 Å². The smallest absolute Gasteiger partial charge is 0.229 e. The third kappa shape index (κ3) is 3.22. The first-order chi connectivity index (χ1) is 12.7. The number of nitrogens with one attached hydrogen (secondary N) is 1. The van der Waals surface area contributed by atoms with Gasteiger partial charge in [0.05, 0.1) is 17.1 Å². The molecule has 0 unspecified atom stereocenters. The van der Waals surface area contributed by atoms with Crippen molar-refractivity contribution >= 4 is 22.9 Å². The van der Waals surface area contributed by atoms with E-state index in [1.165, 1.54) is 5.56 Å². The Morgan fingerprint density at radius 2 is 1.81 bits per heavy atom. The third-order valence-corrected chi connectivity index (χ3v) is 5.09. The molecule has 1 aromatic heterocycles. The van der Waals surface area contributed by atoms with E-state index in [-0.39, 0.29) is 17.9 Å². The molecule has 0 bridgehead atoms. The number of fused-ring (bicyclic) bond motifs is 1. The van der Waals surface area contributed by atoms with Crippen LogP contribution >= 0.6 is 0 Å². The van der Waals surface area contributed by atoms with Gasteiger partial charge in [-0.15, -0.1) is 0 Å². The maximum absolute atomic E-state index is 12.7. The van der Waals surface area contributed by atoms with E-state index in [1.807, 2.05) is 42.5 Å². The Kier molecular flexibility index (Phi) is 4.71. The summed E-state index contributed by atoms with van der Waals surface area (Å²) in [5, 5.41) is 3.08. The Balaban J connectivity index is 1.71. The van der Waals surface area contributed by atoms with Crippen molar-refractivity contribution < 1.29 is 9.53 Å². The molecule has 0 spiro atoms. The largest absolute Gasteiger partial charge is 0.381 e. The molecule has 1 N–H and O–H groups in total. The third-order valence-electron chi connectivity index (χ3n) is 5.09. The van der Waals surface area contributed by atoms with E-state index in [0.717, 1.165) is 23.9 Å². The predicted octanol–water partition coefficient (Wildman–Crippen LogP) is 4.01. The van der Waals surface area contributed by atoms with Gasteiger partial charge in [0.2, 0.25) is 11.9 Å². The Labute approximate surface area is 153 Å². The number of nitrogens with zero attached hydrogens (tertiary/aromatic N) is 2. The van der Waals surface area contributed by atoms with E-state index in [1.54, 1.807) is 0 Å². The lowest BCUT2D eigenvalue weighted by Crippen LogP contribution is -2.29. The van der Waals surface area contributed by atoms with Crippen LogP contribution in [-0.4, -0.2) is 28.7 Å². The van der Waals surface area contributed by atoms with Gasteiger partial charge in [-0.2, -0.15) is 0 Å². The first kappa shape index (κ1) is 16.8. The number of hydrogen-bond donors (Lipinski definition) is 1. The molecule has 5 nitrogen and oxygen atoms in total. The number of hydrogen-bond acceptors (Lipinski definition) is 3. The fraction of sp³-hybridized carbons (Fsp3) is 0.333. The summed E-state index contributed by atoms with van der Waals surface area (Å²) < 4.78 is 7.48. The Morgan fingerprint density at radius 1 is 1.12 bits per heavy atom. The topological polar surface area (TPSA) is 56.2 Å². The summed E-state index contributed by atoms with van der Waals surface area (Å²) in [7, 11) is 0. The highest BCUT2D eigenvalue weighted by atomic mass is 16.5. The molecule has 134 valence electrons. The molecule has 0 saturated carbocycles. The van der Waals surface area contributed by atoms with Crippen molar-refractivity contribution in [3.63, 3.8) is 0 Å². The molecule has 1 aliphatic heterocycles. The Hall–Kier alpha value is -2.66. The van der Waals surface area contributed by atoms with Gasteiger partial charge >= 0.3 is 0 Å². The molecule has 2 aromatic carbocycles. The minimum atomic E-state index is -0.0101. The number of carbonyl (C=O) groups is 1. The van der Waals surface area contributed by atoms with Crippen molar-refractivity contribution in [1.29, 1.82) is 0 Å². The molecule has 1 atom stereocenters. The summed E-state index contributed by atoms with van der Waals surface area (Å²) in [6.45, 7) is 3.43. The monoisotopic (exact) mass is 349 g/mol. The van der Waals surface area contributed by atoms with Crippen LogP contribution in [0.2, 0.25) is 0 Å². The summed E-state index contributed by atoms with van der Waals surface area (Å²) >= 11 is 0. The molecule has 1 fully saturated rings. The maximum atomic E-state index is 12.7. The molecule has 26 heavy (non-hydrogen) atoms. The minimum absolute atomic E-state index is 0.0101. The lowest BCUT2D eigenvalue weighted by Gasteiger charge is -2.22. The number of aromatic nitrogens is 2. The van der Waals surface area contributed by atoms with Crippen molar-refractivity contribution in [2.24, 2.45) is 5.92 Å². The molecular formula is C21H23N3O2. The number of amides is 1. The fourth-order valence-corrected chi connectivity index (χ4v) is 3.58. The number of anilines is 1. The van der Waals surface area contributed by atoms with Gasteiger partial charge in [-0.25, -0.2) is 4.98 Å². The fourth-order valence-electron chi connectivity index (χ4n) is 3.58.